The molecular formula is C20H32O4. The maximum atomic E-state index is 10.8. The summed E-state index contributed by atoms with van der Waals surface area (Å²) in [6, 6.07) is 0. The third-order valence-electron chi connectivity index (χ3n) is 6.89. The van der Waals surface area contributed by atoms with E-state index in [1.54, 1.807) is 0 Å². The van der Waals surface area contributed by atoms with Crippen molar-refractivity contribution in [3.63, 3.8) is 0 Å². The summed E-state index contributed by atoms with van der Waals surface area (Å²) in [7, 11) is 0. The molecule has 0 spiro atoms. The van der Waals surface area contributed by atoms with Crippen molar-refractivity contribution in [2.45, 2.75) is 65.4 Å². The highest BCUT2D eigenvalue weighted by Crippen LogP contribution is 2.61. The first-order chi connectivity index (χ1) is 11.1. The van der Waals surface area contributed by atoms with Crippen LogP contribution in [-0.4, -0.2) is 34.0 Å². The van der Waals surface area contributed by atoms with E-state index in [0.717, 1.165) is 37.7 Å². The van der Waals surface area contributed by atoms with Crippen LogP contribution in [0.5, 0.6) is 0 Å². The zero-order valence-electron chi connectivity index (χ0n) is 15.2. The number of rotatable bonds is 5. The smallest absolute Gasteiger partial charge is 0.328 e. The number of carboxylic acid groups (broad SMARTS) is 1. The van der Waals surface area contributed by atoms with Crippen molar-refractivity contribution in [3.8, 4) is 0 Å². The molecule has 24 heavy (non-hydrogen) atoms. The lowest BCUT2D eigenvalue weighted by molar-refractivity contribution is -0.152. The number of hydrogen-bond acceptors (Lipinski definition) is 3. The van der Waals surface area contributed by atoms with E-state index in [1.807, 2.05) is 13.8 Å². The molecule has 0 aliphatic heterocycles. The lowest BCUT2D eigenvalue weighted by Gasteiger charge is -2.60. The number of aliphatic hydroxyl groups excluding tert-OH is 2. The molecule has 0 aromatic heterocycles. The Labute approximate surface area is 145 Å². The van der Waals surface area contributed by atoms with Crippen LogP contribution >= 0.6 is 0 Å². The Kier molecular flexibility index (Phi) is 5.61. The van der Waals surface area contributed by atoms with Crippen LogP contribution in [0, 0.1) is 22.7 Å². The van der Waals surface area contributed by atoms with E-state index in [-0.39, 0.29) is 17.9 Å². The van der Waals surface area contributed by atoms with Gasteiger partial charge in [-0.25, -0.2) is 4.79 Å². The topological polar surface area (TPSA) is 77.8 Å². The minimum absolute atomic E-state index is 0.00552. The quantitative estimate of drug-likeness (QED) is 0.530. The summed E-state index contributed by atoms with van der Waals surface area (Å²) in [5, 5.41) is 29.4. The SMILES string of the molecule is C=C1CC[C@@H]2[C@@](C)(CO)[C@H](O)CC[C@@]2(C)[C@@H]1CCC(C)=CC(=O)O. The minimum atomic E-state index is -0.896. The van der Waals surface area contributed by atoms with Crippen LogP contribution in [0.25, 0.3) is 0 Å². The predicted molar refractivity (Wildman–Crippen MR) is 94.5 cm³/mol. The molecule has 0 saturated heterocycles. The Bertz CT molecular complexity index is 538. The predicted octanol–water partition coefficient (Wildman–Crippen LogP) is 3.54. The lowest BCUT2D eigenvalue weighted by Crippen LogP contribution is -2.57. The summed E-state index contributed by atoms with van der Waals surface area (Å²) in [4.78, 5) is 10.8. The number of hydrogen-bond donors (Lipinski definition) is 3. The van der Waals surface area contributed by atoms with Crippen LogP contribution in [0.2, 0.25) is 0 Å². The molecule has 0 amide bonds. The number of fused-ring (bicyclic) bond motifs is 1. The van der Waals surface area contributed by atoms with Gasteiger partial charge < -0.3 is 15.3 Å². The molecule has 2 fully saturated rings. The lowest BCUT2D eigenvalue weighted by atomic mass is 9.46. The molecule has 0 aromatic carbocycles. The maximum absolute atomic E-state index is 10.8. The highest BCUT2D eigenvalue weighted by Gasteiger charge is 2.57. The van der Waals surface area contributed by atoms with Crippen LogP contribution in [0.15, 0.2) is 23.8 Å². The van der Waals surface area contributed by atoms with E-state index >= 15 is 0 Å². The number of aliphatic hydroxyl groups is 2. The molecule has 4 nitrogen and oxygen atoms in total. The number of allylic oxidation sites excluding steroid dienone is 2. The monoisotopic (exact) mass is 336 g/mol. The van der Waals surface area contributed by atoms with Gasteiger partial charge in [-0.05, 0) is 62.7 Å². The van der Waals surface area contributed by atoms with Crippen LogP contribution < -0.4 is 0 Å². The van der Waals surface area contributed by atoms with Gasteiger partial charge in [0.2, 0.25) is 0 Å². The van der Waals surface area contributed by atoms with E-state index in [4.69, 9.17) is 5.11 Å². The molecule has 4 heteroatoms. The van der Waals surface area contributed by atoms with Gasteiger partial charge >= 0.3 is 5.97 Å². The second-order valence-electron chi connectivity index (χ2n) is 8.39. The average molecular weight is 336 g/mol. The molecule has 136 valence electrons. The van der Waals surface area contributed by atoms with Crippen LogP contribution in [0.1, 0.15) is 59.3 Å². The Hall–Kier alpha value is -1.13. The van der Waals surface area contributed by atoms with E-state index in [1.165, 1.54) is 11.6 Å². The molecule has 0 bridgehead atoms. The van der Waals surface area contributed by atoms with Gasteiger partial charge in [-0.15, -0.1) is 0 Å². The summed E-state index contributed by atoms with van der Waals surface area (Å²) < 4.78 is 0. The summed E-state index contributed by atoms with van der Waals surface area (Å²) in [6.07, 6.45) is 5.99. The number of aliphatic carboxylic acids is 1. The molecule has 5 atom stereocenters. The molecule has 2 aliphatic carbocycles. The fraction of sp³-hybridized carbons (Fsp3) is 0.750. The molecule has 0 aromatic rings. The summed E-state index contributed by atoms with van der Waals surface area (Å²) in [5.74, 6) is -0.322. The highest BCUT2D eigenvalue weighted by molar-refractivity contribution is 5.80. The van der Waals surface area contributed by atoms with E-state index in [0.29, 0.717) is 12.3 Å². The third-order valence-corrected chi connectivity index (χ3v) is 6.89. The minimum Gasteiger partial charge on any atom is -0.478 e. The molecule has 2 saturated carbocycles. The summed E-state index contributed by atoms with van der Waals surface area (Å²) in [6.45, 7) is 10.5. The second kappa shape index (κ2) is 7.01. The number of carbonyl (C=O) groups is 1. The Morgan fingerprint density at radius 3 is 2.62 bits per heavy atom. The first-order valence-electron chi connectivity index (χ1n) is 9.02. The Morgan fingerprint density at radius 1 is 1.38 bits per heavy atom. The van der Waals surface area contributed by atoms with Crippen molar-refractivity contribution in [1.29, 1.82) is 0 Å². The summed E-state index contributed by atoms with van der Waals surface area (Å²) >= 11 is 0. The van der Waals surface area contributed by atoms with Crippen molar-refractivity contribution in [1.82, 2.24) is 0 Å². The van der Waals surface area contributed by atoms with Gasteiger partial charge in [-0.3, -0.25) is 0 Å². The molecule has 0 radical (unpaired) electrons. The van der Waals surface area contributed by atoms with E-state index in [9.17, 15) is 15.0 Å². The van der Waals surface area contributed by atoms with Gasteiger partial charge in [0.1, 0.15) is 0 Å². The standard InChI is InChI=1S/C20H32O4/c1-13(11-18(23)24)5-7-15-14(2)6-8-16-19(15,3)10-9-17(22)20(16,4)12-21/h11,15-17,21-22H,2,5-10,12H2,1,3-4H3,(H,23,24)/t15-,16+,17-,19+,20-/m1/s1. The first-order valence-corrected chi connectivity index (χ1v) is 9.02. The Morgan fingerprint density at radius 2 is 2.04 bits per heavy atom. The molecule has 2 rings (SSSR count). The van der Waals surface area contributed by atoms with Gasteiger partial charge in [-0.2, -0.15) is 0 Å². The molecule has 0 unspecified atom stereocenters. The van der Waals surface area contributed by atoms with Crippen molar-refractivity contribution >= 4 is 5.97 Å². The molecule has 0 heterocycles. The molecule has 3 N–H and O–H groups in total. The van der Waals surface area contributed by atoms with Crippen molar-refractivity contribution < 1.29 is 20.1 Å². The fourth-order valence-corrected chi connectivity index (χ4v) is 5.39. The van der Waals surface area contributed by atoms with Crippen LogP contribution in [0.3, 0.4) is 0 Å². The average Bonchev–Trinajstić information content (AvgIpc) is 2.50. The van der Waals surface area contributed by atoms with Crippen molar-refractivity contribution in [2.24, 2.45) is 22.7 Å². The van der Waals surface area contributed by atoms with Gasteiger partial charge in [0, 0.05) is 11.5 Å². The van der Waals surface area contributed by atoms with Gasteiger partial charge in [0.05, 0.1) is 12.7 Å². The maximum Gasteiger partial charge on any atom is 0.328 e. The zero-order valence-corrected chi connectivity index (χ0v) is 15.2. The van der Waals surface area contributed by atoms with Gasteiger partial charge in [-0.1, -0.05) is 31.6 Å². The normalized spacial score (nSPS) is 40.3. The van der Waals surface area contributed by atoms with Crippen LogP contribution in [0.4, 0.5) is 0 Å². The van der Waals surface area contributed by atoms with Gasteiger partial charge in [0.15, 0.2) is 0 Å². The Balaban J connectivity index is 2.24. The number of carboxylic acids is 1. The highest BCUT2D eigenvalue weighted by atomic mass is 16.4. The van der Waals surface area contributed by atoms with E-state index in [2.05, 4.69) is 13.5 Å². The largest absolute Gasteiger partial charge is 0.478 e. The first kappa shape index (κ1) is 19.2. The third kappa shape index (κ3) is 3.31. The summed E-state index contributed by atoms with van der Waals surface area (Å²) in [5.41, 5.74) is 1.67. The second-order valence-corrected chi connectivity index (χ2v) is 8.39. The van der Waals surface area contributed by atoms with E-state index < -0.39 is 17.5 Å². The zero-order chi connectivity index (χ0) is 18.1. The van der Waals surface area contributed by atoms with Gasteiger partial charge in [0.25, 0.3) is 0 Å². The van der Waals surface area contributed by atoms with Crippen molar-refractivity contribution in [3.05, 3.63) is 23.8 Å². The fourth-order valence-electron chi connectivity index (χ4n) is 5.39. The van der Waals surface area contributed by atoms with Crippen LogP contribution in [-0.2, 0) is 4.79 Å². The molecule has 2 aliphatic rings. The van der Waals surface area contributed by atoms with Crippen molar-refractivity contribution in [2.75, 3.05) is 6.61 Å². The molecular weight excluding hydrogens is 304 g/mol.